The van der Waals surface area contributed by atoms with Crippen LogP contribution in [0.5, 0.6) is 0 Å². The number of hydrogen-bond acceptors (Lipinski definition) is 5. The summed E-state index contributed by atoms with van der Waals surface area (Å²) in [4.78, 5) is 6.94. The first-order valence-electron chi connectivity index (χ1n) is 7.54. The lowest BCUT2D eigenvalue weighted by atomic mass is 10.1. The first-order chi connectivity index (χ1) is 10.2. The highest BCUT2D eigenvalue weighted by atomic mass is 16.5. The minimum absolute atomic E-state index is 0.484. The molecule has 3 rings (SSSR count). The number of hydrogen-bond donors (Lipinski definition) is 1. The highest BCUT2D eigenvalue weighted by Crippen LogP contribution is 2.14. The molecule has 0 spiro atoms. The van der Waals surface area contributed by atoms with Crippen LogP contribution in [0.25, 0.3) is 0 Å². The molecule has 1 N–H and O–H groups in total. The lowest BCUT2D eigenvalue weighted by Gasteiger charge is -2.38. The molecule has 2 unspecified atom stereocenters. The van der Waals surface area contributed by atoms with E-state index in [0.717, 1.165) is 31.9 Å². The topological polar surface area (TPSA) is 54.2 Å². The summed E-state index contributed by atoms with van der Waals surface area (Å²) in [6, 6.07) is 11.2. The van der Waals surface area contributed by atoms with Crippen molar-refractivity contribution < 1.29 is 4.52 Å². The molecular weight excluding hydrogens is 264 g/mol. The Morgan fingerprint density at radius 2 is 1.90 bits per heavy atom. The smallest absolute Gasteiger partial charge is 0.240 e. The summed E-state index contributed by atoms with van der Waals surface area (Å²) in [6.07, 6.45) is 0.719. The summed E-state index contributed by atoms with van der Waals surface area (Å²) in [5, 5.41) is 7.53. The van der Waals surface area contributed by atoms with Gasteiger partial charge >= 0.3 is 0 Å². The molecule has 1 aromatic carbocycles. The first-order valence-corrected chi connectivity index (χ1v) is 7.54. The van der Waals surface area contributed by atoms with E-state index >= 15 is 0 Å². The predicted molar refractivity (Wildman–Crippen MR) is 80.9 cm³/mol. The number of aromatic nitrogens is 2. The van der Waals surface area contributed by atoms with Crippen LogP contribution in [-0.4, -0.2) is 40.2 Å². The van der Waals surface area contributed by atoms with Crippen molar-refractivity contribution in [2.75, 3.05) is 13.1 Å². The van der Waals surface area contributed by atoms with Crippen molar-refractivity contribution in [2.45, 2.75) is 38.9 Å². The highest BCUT2D eigenvalue weighted by molar-refractivity contribution is 5.18. The van der Waals surface area contributed by atoms with Crippen LogP contribution in [0.15, 0.2) is 34.9 Å². The van der Waals surface area contributed by atoms with Gasteiger partial charge in [-0.25, -0.2) is 0 Å². The minimum Gasteiger partial charge on any atom is -0.338 e. The predicted octanol–water partition coefficient (Wildman–Crippen LogP) is 1.84. The summed E-state index contributed by atoms with van der Waals surface area (Å²) >= 11 is 0. The number of nitrogens with one attached hydrogen (secondary N) is 1. The Balaban J connectivity index is 1.65. The number of rotatable bonds is 4. The van der Waals surface area contributed by atoms with Crippen molar-refractivity contribution in [3.05, 3.63) is 47.6 Å². The Bertz CT molecular complexity index is 559. The molecule has 2 heterocycles. The van der Waals surface area contributed by atoms with Crippen LogP contribution in [-0.2, 0) is 13.0 Å². The number of piperazine rings is 1. The van der Waals surface area contributed by atoms with Crippen molar-refractivity contribution in [3.63, 3.8) is 0 Å². The first kappa shape index (κ1) is 14.2. The van der Waals surface area contributed by atoms with Gasteiger partial charge in [0.1, 0.15) is 0 Å². The molecule has 0 radical (unpaired) electrons. The van der Waals surface area contributed by atoms with E-state index in [1.54, 1.807) is 0 Å². The fraction of sp³-hybridized carbons (Fsp3) is 0.500. The van der Waals surface area contributed by atoms with Crippen LogP contribution < -0.4 is 5.32 Å². The molecule has 1 aliphatic heterocycles. The van der Waals surface area contributed by atoms with E-state index in [9.17, 15) is 0 Å². The second-order valence-corrected chi connectivity index (χ2v) is 5.80. The van der Waals surface area contributed by atoms with Crippen LogP contribution in [0, 0.1) is 0 Å². The molecule has 1 aromatic heterocycles. The van der Waals surface area contributed by atoms with Crippen LogP contribution in [0.1, 0.15) is 31.1 Å². The second-order valence-electron chi connectivity index (χ2n) is 5.80. The Morgan fingerprint density at radius 3 is 2.62 bits per heavy atom. The van der Waals surface area contributed by atoms with Crippen molar-refractivity contribution in [3.8, 4) is 0 Å². The highest BCUT2D eigenvalue weighted by Gasteiger charge is 2.26. The summed E-state index contributed by atoms with van der Waals surface area (Å²) in [6.45, 7) is 7.20. The molecule has 21 heavy (non-hydrogen) atoms. The van der Waals surface area contributed by atoms with E-state index in [0.29, 0.717) is 18.0 Å². The van der Waals surface area contributed by atoms with Gasteiger partial charge in [0.2, 0.25) is 5.89 Å². The zero-order chi connectivity index (χ0) is 14.7. The van der Waals surface area contributed by atoms with Gasteiger partial charge in [-0.3, -0.25) is 4.90 Å². The minimum atomic E-state index is 0.484. The molecule has 1 saturated heterocycles. The van der Waals surface area contributed by atoms with Crippen LogP contribution in [0.4, 0.5) is 0 Å². The molecule has 0 aliphatic carbocycles. The molecule has 112 valence electrons. The average molecular weight is 286 g/mol. The lowest BCUT2D eigenvalue weighted by molar-refractivity contribution is 0.0947. The van der Waals surface area contributed by atoms with Crippen molar-refractivity contribution in [2.24, 2.45) is 0 Å². The van der Waals surface area contributed by atoms with Gasteiger partial charge in [-0.05, 0) is 19.4 Å². The molecule has 0 amide bonds. The van der Waals surface area contributed by atoms with Gasteiger partial charge < -0.3 is 9.84 Å². The second kappa shape index (κ2) is 6.37. The Hall–Kier alpha value is -1.72. The third-order valence-electron chi connectivity index (χ3n) is 4.04. The Morgan fingerprint density at radius 1 is 1.19 bits per heavy atom. The number of benzene rings is 1. The number of nitrogens with zero attached hydrogens (tertiary/aromatic N) is 3. The Kier molecular flexibility index (Phi) is 4.31. The molecule has 0 bridgehead atoms. The molecule has 2 aromatic rings. The standard InChI is InChI=1S/C16H22N4O/c1-12-9-17-10-13(2)20(12)11-16-18-15(19-21-16)8-14-6-4-3-5-7-14/h3-7,12-13,17H,8-11H2,1-2H3. The molecule has 1 aliphatic rings. The van der Waals surface area contributed by atoms with E-state index in [-0.39, 0.29) is 0 Å². The summed E-state index contributed by atoms with van der Waals surface area (Å²) < 4.78 is 5.41. The molecule has 5 heteroatoms. The maximum absolute atomic E-state index is 5.41. The molecule has 1 fully saturated rings. The van der Waals surface area contributed by atoms with E-state index in [4.69, 9.17) is 4.52 Å². The largest absolute Gasteiger partial charge is 0.338 e. The zero-order valence-corrected chi connectivity index (χ0v) is 12.6. The van der Waals surface area contributed by atoms with Gasteiger partial charge in [0.25, 0.3) is 0 Å². The van der Waals surface area contributed by atoms with E-state index in [1.807, 2.05) is 18.2 Å². The molecular formula is C16H22N4O. The lowest BCUT2D eigenvalue weighted by Crippen LogP contribution is -2.54. The molecule has 0 saturated carbocycles. The van der Waals surface area contributed by atoms with Gasteiger partial charge in [-0.2, -0.15) is 4.98 Å². The quantitative estimate of drug-likeness (QED) is 0.929. The maximum Gasteiger partial charge on any atom is 0.240 e. The fourth-order valence-electron chi connectivity index (χ4n) is 2.84. The van der Waals surface area contributed by atoms with Gasteiger partial charge in [0.05, 0.1) is 6.54 Å². The van der Waals surface area contributed by atoms with Crippen molar-refractivity contribution in [1.82, 2.24) is 20.4 Å². The zero-order valence-electron chi connectivity index (χ0n) is 12.6. The van der Waals surface area contributed by atoms with E-state index in [2.05, 4.69) is 46.3 Å². The fourth-order valence-corrected chi connectivity index (χ4v) is 2.84. The van der Waals surface area contributed by atoms with Crippen molar-refractivity contribution >= 4 is 0 Å². The third kappa shape index (κ3) is 3.49. The van der Waals surface area contributed by atoms with Crippen molar-refractivity contribution in [1.29, 1.82) is 0 Å². The van der Waals surface area contributed by atoms with Crippen LogP contribution in [0.3, 0.4) is 0 Å². The normalized spacial score (nSPS) is 23.3. The maximum atomic E-state index is 5.41. The van der Waals surface area contributed by atoms with Crippen LogP contribution >= 0.6 is 0 Å². The van der Waals surface area contributed by atoms with Gasteiger partial charge in [0, 0.05) is 31.6 Å². The molecule has 2 atom stereocenters. The van der Waals surface area contributed by atoms with Gasteiger partial charge in [-0.15, -0.1) is 0 Å². The molecule has 5 nitrogen and oxygen atoms in total. The monoisotopic (exact) mass is 286 g/mol. The average Bonchev–Trinajstić information content (AvgIpc) is 2.91. The third-order valence-corrected chi connectivity index (χ3v) is 4.04. The van der Waals surface area contributed by atoms with Crippen LogP contribution in [0.2, 0.25) is 0 Å². The summed E-state index contributed by atoms with van der Waals surface area (Å²) in [5.74, 6) is 1.47. The van der Waals surface area contributed by atoms with E-state index in [1.165, 1.54) is 5.56 Å². The Labute approximate surface area is 125 Å². The SMILES string of the molecule is CC1CNCC(C)N1Cc1nc(Cc2ccccc2)no1. The summed E-state index contributed by atoms with van der Waals surface area (Å²) in [7, 11) is 0. The van der Waals surface area contributed by atoms with E-state index < -0.39 is 0 Å². The summed E-state index contributed by atoms with van der Waals surface area (Å²) in [5.41, 5.74) is 1.20. The van der Waals surface area contributed by atoms with Gasteiger partial charge in [-0.1, -0.05) is 35.5 Å². The van der Waals surface area contributed by atoms with Gasteiger partial charge in [0.15, 0.2) is 5.82 Å².